The number of aromatic amines is 2. The van der Waals surface area contributed by atoms with Crippen LogP contribution in [0.25, 0.3) is 21.9 Å². The second kappa shape index (κ2) is 6.27. The van der Waals surface area contributed by atoms with Gasteiger partial charge in [-0.2, -0.15) is 5.10 Å². The largest absolute Gasteiger partial charge is 0.461 e. The van der Waals surface area contributed by atoms with E-state index >= 15 is 0 Å². The molecule has 0 saturated carbocycles. The Morgan fingerprint density at radius 2 is 1.84 bits per heavy atom. The number of nitrogens with zero attached hydrogens (tertiary/aromatic N) is 2. The van der Waals surface area contributed by atoms with Gasteiger partial charge in [0.1, 0.15) is 0 Å². The number of ether oxygens (including phenoxy) is 1. The van der Waals surface area contributed by atoms with Crippen molar-refractivity contribution in [1.82, 2.24) is 19.7 Å². The number of fused-ring (bicyclic) bond motifs is 2. The zero-order chi connectivity index (χ0) is 17.2. The molecule has 0 unspecified atom stereocenters. The van der Waals surface area contributed by atoms with E-state index in [2.05, 4.69) is 15.2 Å². The van der Waals surface area contributed by atoms with Crippen LogP contribution in [0.3, 0.4) is 0 Å². The van der Waals surface area contributed by atoms with Gasteiger partial charge in [0, 0.05) is 11.9 Å². The monoisotopic (exact) mass is 336 g/mol. The molecule has 0 fully saturated rings. The van der Waals surface area contributed by atoms with Crippen LogP contribution < -0.4 is 5.69 Å². The number of esters is 1. The maximum atomic E-state index is 12.2. The molecule has 7 heteroatoms. The molecular weight excluding hydrogens is 320 g/mol. The van der Waals surface area contributed by atoms with Crippen LogP contribution in [-0.4, -0.2) is 32.3 Å². The standard InChI is InChI=1S/C18H16N4O3/c23-17(16-12-6-1-2-7-13(12)20-21-16)25-11-5-10-22-15-9-4-3-8-14(15)19-18(22)24/h1-4,6-9H,5,10-11H2,(H,19,24)(H,20,21). The van der Waals surface area contributed by atoms with Gasteiger partial charge < -0.3 is 9.72 Å². The number of hydrogen-bond donors (Lipinski definition) is 2. The average molecular weight is 336 g/mol. The van der Waals surface area contributed by atoms with Crippen LogP contribution in [-0.2, 0) is 11.3 Å². The van der Waals surface area contributed by atoms with Crippen molar-refractivity contribution in [2.75, 3.05) is 6.61 Å². The lowest BCUT2D eigenvalue weighted by Gasteiger charge is -2.05. The third-order valence-electron chi connectivity index (χ3n) is 4.10. The lowest BCUT2D eigenvalue weighted by molar-refractivity contribution is 0.0491. The van der Waals surface area contributed by atoms with Gasteiger partial charge in [0.05, 0.1) is 23.2 Å². The van der Waals surface area contributed by atoms with E-state index < -0.39 is 5.97 Å². The predicted molar refractivity (Wildman–Crippen MR) is 93.6 cm³/mol. The van der Waals surface area contributed by atoms with Gasteiger partial charge in [-0.3, -0.25) is 9.67 Å². The summed E-state index contributed by atoms with van der Waals surface area (Å²) in [5.74, 6) is -0.469. The summed E-state index contributed by atoms with van der Waals surface area (Å²) in [5.41, 5.74) is 2.55. The second-order valence-corrected chi connectivity index (χ2v) is 5.71. The topological polar surface area (TPSA) is 92.8 Å². The summed E-state index contributed by atoms with van der Waals surface area (Å²) in [6.45, 7) is 0.684. The lowest BCUT2D eigenvalue weighted by Crippen LogP contribution is -2.18. The fourth-order valence-corrected chi connectivity index (χ4v) is 2.90. The maximum Gasteiger partial charge on any atom is 0.359 e. The highest BCUT2D eigenvalue weighted by Crippen LogP contribution is 2.16. The number of carbonyl (C=O) groups excluding carboxylic acids is 1. The van der Waals surface area contributed by atoms with Crippen molar-refractivity contribution in [1.29, 1.82) is 0 Å². The molecule has 4 rings (SSSR count). The second-order valence-electron chi connectivity index (χ2n) is 5.71. The molecule has 2 aromatic heterocycles. The van der Waals surface area contributed by atoms with Gasteiger partial charge in [0.25, 0.3) is 0 Å². The summed E-state index contributed by atoms with van der Waals surface area (Å²) in [6, 6.07) is 14.9. The summed E-state index contributed by atoms with van der Waals surface area (Å²) in [7, 11) is 0. The molecule has 0 atom stereocenters. The van der Waals surface area contributed by atoms with Crippen LogP contribution in [0.2, 0.25) is 0 Å². The zero-order valence-corrected chi connectivity index (χ0v) is 13.4. The fraction of sp³-hybridized carbons (Fsp3) is 0.167. The molecular formula is C18H16N4O3. The minimum atomic E-state index is -0.469. The molecule has 0 amide bonds. The van der Waals surface area contributed by atoms with Gasteiger partial charge in [-0.25, -0.2) is 9.59 Å². The summed E-state index contributed by atoms with van der Waals surface area (Å²) in [6.07, 6.45) is 0.538. The minimum absolute atomic E-state index is 0.161. The number of imidazole rings is 1. The first kappa shape index (κ1) is 15.2. The van der Waals surface area contributed by atoms with Crippen LogP contribution in [0, 0.1) is 0 Å². The summed E-state index contributed by atoms with van der Waals surface area (Å²) >= 11 is 0. The number of nitrogens with one attached hydrogen (secondary N) is 2. The Morgan fingerprint density at radius 3 is 2.72 bits per heavy atom. The number of rotatable bonds is 5. The van der Waals surface area contributed by atoms with Crippen LogP contribution >= 0.6 is 0 Å². The van der Waals surface area contributed by atoms with Gasteiger partial charge in [-0.1, -0.05) is 30.3 Å². The average Bonchev–Trinajstić information content (AvgIpc) is 3.19. The Morgan fingerprint density at radius 1 is 1.08 bits per heavy atom. The highest BCUT2D eigenvalue weighted by Gasteiger charge is 2.15. The molecule has 126 valence electrons. The number of aromatic nitrogens is 4. The van der Waals surface area contributed by atoms with E-state index in [0.29, 0.717) is 13.0 Å². The molecule has 0 aliphatic rings. The molecule has 7 nitrogen and oxygen atoms in total. The summed E-state index contributed by atoms with van der Waals surface area (Å²) < 4.78 is 6.94. The maximum absolute atomic E-state index is 12.2. The Labute approximate surface area is 142 Å². The smallest absolute Gasteiger partial charge is 0.359 e. The van der Waals surface area contributed by atoms with E-state index in [1.165, 1.54) is 0 Å². The molecule has 0 radical (unpaired) electrons. The van der Waals surface area contributed by atoms with E-state index in [1.54, 1.807) is 4.57 Å². The van der Waals surface area contributed by atoms with Crippen molar-refractivity contribution in [2.24, 2.45) is 0 Å². The minimum Gasteiger partial charge on any atom is -0.461 e. The van der Waals surface area contributed by atoms with E-state index in [4.69, 9.17) is 4.74 Å². The van der Waals surface area contributed by atoms with Crippen LogP contribution in [0.4, 0.5) is 0 Å². The highest BCUT2D eigenvalue weighted by atomic mass is 16.5. The molecule has 0 bridgehead atoms. The van der Waals surface area contributed by atoms with Crippen molar-refractivity contribution >= 4 is 27.9 Å². The predicted octanol–water partition coefficient (Wildman–Crippen LogP) is 2.45. The first-order valence-electron chi connectivity index (χ1n) is 8.02. The molecule has 0 spiro atoms. The Bertz CT molecular complexity index is 1110. The molecule has 2 N–H and O–H groups in total. The molecule has 4 aromatic rings. The fourth-order valence-electron chi connectivity index (χ4n) is 2.90. The van der Waals surface area contributed by atoms with E-state index in [1.807, 2.05) is 48.5 Å². The number of benzene rings is 2. The quantitative estimate of drug-likeness (QED) is 0.432. The van der Waals surface area contributed by atoms with Crippen molar-refractivity contribution in [3.05, 3.63) is 64.7 Å². The van der Waals surface area contributed by atoms with Gasteiger partial charge in [-0.15, -0.1) is 0 Å². The third-order valence-corrected chi connectivity index (χ3v) is 4.10. The molecule has 2 heterocycles. The first-order valence-corrected chi connectivity index (χ1v) is 8.02. The van der Waals surface area contributed by atoms with E-state index in [-0.39, 0.29) is 18.0 Å². The van der Waals surface area contributed by atoms with Crippen molar-refractivity contribution in [2.45, 2.75) is 13.0 Å². The van der Waals surface area contributed by atoms with Crippen LogP contribution in [0.15, 0.2) is 53.3 Å². The Hall–Kier alpha value is -3.35. The normalized spacial score (nSPS) is 11.2. The zero-order valence-electron chi connectivity index (χ0n) is 13.4. The number of hydrogen-bond acceptors (Lipinski definition) is 4. The summed E-state index contributed by atoms with van der Waals surface area (Å²) in [4.78, 5) is 27.0. The van der Waals surface area contributed by atoms with E-state index in [9.17, 15) is 9.59 Å². The number of H-pyrrole nitrogens is 2. The van der Waals surface area contributed by atoms with Gasteiger partial charge in [0.2, 0.25) is 0 Å². The number of para-hydroxylation sites is 3. The molecule has 2 aromatic carbocycles. The Balaban J connectivity index is 1.40. The van der Waals surface area contributed by atoms with Crippen molar-refractivity contribution < 1.29 is 9.53 Å². The van der Waals surface area contributed by atoms with Crippen LogP contribution in [0.1, 0.15) is 16.9 Å². The SMILES string of the molecule is O=C(OCCCn1c(=O)[nH]c2ccccc21)c1n[nH]c2ccccc12. The Kier molecular flexibility index (Phi) is 3.81. The van der Waals surface area contributed by atoms with Crippen molar-refractivity contribution in [3.63, 3.8) is 0 Å². The van der Waals surface area contributed by atoms with Crippen molar-refractivity contribution in [3.8, 4) is 0 Å². The van der Waals surface area contributed by atoms with E-state index in [0.717, 1.165) is 21.9 Å². The molecule has 25 heavy (non-hydrogen) atoms. The van der Waals surface area contributed by atoms with Crippen LogP contribution in [0.5, 0.6) is 0 Å². The highest BCUT2D eigenvalue weighted by molar-refractivity contribution is 6.01. The van der Waals surface area contributed by atoms with Gasteiger partial charge >= 0.3 is 11.7 Å². The molecule has 0 saturated heterocycles. The summed E-state index contributed by atoms with van der Waals surface area (Å²) in [5, 5.41) is 7.56. The third kappa shape index (κ3) is 2.80. The lowest BCUT2D eigenvalue weighted by atomic mass is 10.2. The molecule has 0 aliphatic carbocycles. The first-order chi connectivity index (χ1) is 12.2. The number of aryl methyl sites for hydroxylation is 1. The number of carbonyl (C=O) groups is 1. The molecule has 0 aliphatic heterocycles. The van der Waals surface area contributed by atoms with Gasteiger partial charge in [0.15, 0.2) is 5.69 Å². The van der Waals surface area contributed by atoms with Gasteiger partial charge in [-0.05, 0) is 24.6 Å².